The molecule has 0 radical (unpaired) electrons. The van der Waals surface area contributed by atoms with Crippen molar-refractivity contribution in [1.82, 2.24) is 0 Å². The molecule has 0 spiro atoms. The van der Waals surface area contributed by atoms with Crippen LogP contribution in [0.25, 0.3) is 6.08 Å². The molecule has 0 aliphatic heterocycles. The van der Waals surface area contributed by atoms with Crippen LogP contribution in [-0.2, 0) is 11.4 Å². The summed E-state index contributed by atoms with van der Waals surface area (Å²) in [6.07, 6.45) is 2.46. The van der Waals surface area contributed by atoms with Gasteiger partial charge in [0.25, 0.3) is 0 Å². The summed E-state index contributed by atoms with van der Waals surface area (Å²) in [6.45, 7) is 4.23. The fourth-order valence-electron chi connectivity index (χ4n) is 1.63. The molecule has 96 valence electrons. The molecule has 0 unspecified atom stereocenters. The fourth-order valence-corrected chi connectivity index (χ4v) is 1.63. The summed E-state index contributed by atoms with van der Waals surface area (Å²) < 4.78 is 5.66. The van der Waals surface area contributed by atoms with E-state index in [0.29, 0.717) is 13.0 Å². The second kappa shape index (κ2) is 6.40. The molecule has 1 amide bonds. The minimum absolute atomic E-state index is 0.512. The Hall–Kier alpha value is -2.55. The van der Waals surface area contributed by atoms with E-state index in [1.807, 2.05) is 42.5 Å². The van der Waals surface area contributed by atoms with Crippen molar-refractivity contribution in [3.63, 3.8) is 0 Å². The predicted octanol–water partition coefficient (Wildman–Crippen LogP) is 3.48. The molecule has 1 N–H and O–H groups in total. The SMILES string of the molecule is C=Cc1ccc(COc2ccc(NC=O)cc2)cc1. The van der Waals surface area contributed by atoms with Crippen LogP contribution in [0, 0.1) is 0 Å². The summed E-state index contributed by atoms with van der Waals surface area (Å²) >= 11 is 0. The average Bonchev–Trinajstić information content (AvgIpc) is 2.47. The van der Waals surface area contributed by atoms with Gasteiger partial charge in [0.1, 0.15) is 12.4 Å². The van der Waals surface area contributed by atoms with Crippen molar-refractivity contribution in [3.05, 3.63) is 66.2 Å². The van der Waals surface area contributed by atoms with Gasteiger partial charge in [0.15, 0.2) is 0 Å². The monoisotopic (exact) mass is 253 g/mol. The normalized spacial score (nSPS) is 9.68. The van der Waals surface area contributed by atoms with E-state index in [1.165, 1.54) is 0 Å². The molecule has 2 rings (SSSR count). The molecule has 0 aromatic heterocycles. The Bertz CT molecular complexity index is 544. The van der Waals surface area contributed by atoms with Crippen molar-refractivity contribution >= 4 is 18.2 Å². The molecular formula is C16H15NO2. The number of nitrogens with one attached hydrogen (secondary N) is 1. The van der Waals surface area contributed by atoms with Gasteiger partial charge >= 0.3 is 0 Å². The van der Waals surface area contributed by atoms with Crippen LogP contribution in [0.2, 0.25) is 0 Å². The highest BCUT2D eigenvalue weighted by Crippen LogP contribution is 2.17. The van der Waals surface area contributed by atoms with Crippen LogP contribution in [0.5, 0.6) is 5.75 Å². The Morgan fingerprint density at radius 1 is 1.05 bits per heavy atom. The van der Waals surface area contributed by atoms with Crippen molar-refractivity contribution < 1.29 is 9.53 Å². The lowest BCUT2D eigenvalue weighted by Crippen LogP contribution is -1.96. The first-order valence-corrected chi connectivity index (χ1v) is 5.96. The highest BCUT2D eigenvalue weighted by Gasteiger charge is 1.97. The smallest absolute Gasteiger partial charge is 0.211 e. The number of hydrogen-bond donors (Lipinski definition) is 1. The number of ether oxygens (including phenoxy) is 1. The lowest BCUT2D eigenvalue weighted by Gasteiger charge is -2.07. The molecule has 0 aliphatic rings. The predicted molar refractivity (Wildman–Crippen MR) is 77.0 cm³/mol. The number of anilines is 1. The van der Waals surface area contributed by atoms with Crippen LogP contribution in [0.1, 0.15) is 11.1 Å². The Kier molecular flexibility index (Phi) is 4.34. The van der Waals surface area contributed by atoms with Gasteiger partial charge in [-0.2, -0.15) is 0 Å². The van der Waals surface area contributed by atoms with Crippen LogP contribution in [0.3, 0.4) is 0 Å². The highest BCUT2D eigenvalue weighted by atomic mass is 16.5. The van der Waals surface area contributed by atoms with Gasteiger partial charge < -0.3 is 10.1 Å². The van der Waals surface area contributed by atoms with Gasteiger partial charge in [-0.1, -0.05) is 36.9 Å². The zero-order valence-electron chi connectivity index (χ0n) is 10.5. The van der Waals surface area contributed by atoms with E-state index in [2.05, 4.69) is 11.9 Å². The van der Waals surface area contributed by atoms with E-state index >= 15 is 0 Å². The van der Waals surface area contributed by atoms with Crippen LogP contribution >= 0.6 is 0 Å². The van der Waals surface area contributed by atoms with E-state index in [-0.39, 0.29) is 0 Å². The van der Waals surface area contributed by atoms with Crippen LogP contribution in [-0.4, -0.2) is 6.41 Å². The zero-order chi connectivity index (χ0) is 13.5. The molecule has 0 fully saturated rings. The van der Waals surface area contributed by atoms with Crippen LogP contribution in [0.4, 0.5) is 5.69 Å². The number of hydrogen-bond acceptors (Lipinski definition) is 2. The Balaban J connectivity index is 1.93. The van der Waals surface area contributed by atoms with Crippen molar-refractivity contribution in [2.24, 2.45) is 0 Å². The molecule has 0 aliphatic carbocycles. The van der Waals surface area contributed by atoms with Crippen molar-refractivity contribution in [3.8, 4) is 5.75 Å². The molecule has 2 aromatic carbocycles. The zero-order valence-corrected chi connectivity index (χ0v) is 10.5. The summed E-state index contributed by atoms with van der Waals surface area (Å²) in [7, 11) is 0. The Morgan fingerprint density at radius 3 is 2.32 bits per heavy atom. The average molecular weight is 253 g/mol. The standard InChI is InChI=1S/C16H15NO2/c1-2-13-3-5-14(6-4-13)11-19-16-9-7-15(8-10-16)17-12-18/h2-10,12H,1,11H2,(H,17,18). The first kappa shape index (κ1) is 12.9. The summed E-state index contributed by atoms with van der Waals surface area (Å²) in [5, 5.41) is 2.58. The number of carbonyl (C=O) groups excluding carboxylic acids is 1. The third-order valence-corrected chi connectivity index (χ3v) is 2.70. The van der Waals surface area contributed by atoms with E-state index in [9.17, 15) is 4.79 Å². The summed E-state index contributed by atoms with van der Waals surface area (Å²) in [5.41, 5.74) is 2.94. The molecule has 19 heavy (non-hydrogen) atoms. The number of rotatable bonds is 6. The van der Waals surface area contributed by atoms with E-state index in [4.69, 9.17) is 4.74 Å². The maximum Gasteiger partial charge on any atom is 0.211 e. The molecule has 2 aromatic rings. The number of carbonyl (C=O) groups is 1. The quantitative estimate of drug-likeness (QED) is 0.800. The summed E-state index contributed by atoms with van der Waals surface area (Å²) in [5.74, 6) is 0.768. The maximum atomic E-state index is 10.3. The first-order chi connectivity index (χ1) is 9.31. The molecule has 3 heteroatoms. The lowest BCUT2D eigenvalue weighted by molar-refractivity contribution is -0.105. The molecule has 0 saturated carbocycles. The molecule has 0 saturated heterocycles. The number of amides is 1. The topological polar surface area (TPSA) is 38.3 Å². The van der Waals surface area contributed by atoms with Gasteiger partial charge in [0.2, 0.25) is 6.41 Å². The van der Waals surface area contributed by atoms with Gasteiger partial charge in [-0.3, -0.25) is 4.79 Å². The molecule has 0 atom stereocenters. The summed E-state index contributed by atoms with van der Waals surface area (Å²) in [4.78, 5) is 10.3. The second-order valence-corrected chi connectivity index (χ2v) is 4.02. The largest absolute Gasteiger partial charge is 0.489 e. The highest BCUT2D eigenvalue weighted by molar-refractivity contribution is 5.71. The van der Waals surface area contributed by atoms with E-state index in [0.717, 1.165) is 22.6 Å². The Morgan fingerprint density at radius 2 is 1.74 bits per heavy atom. The van der Waals surface area contributed by atoms with Crippen molar-refractivity contribution in [1.29, 1.82) is 0 Å². The maximum absolute atomic E-state index is 10.3. The van der Waals surface area contributed by atoms with Crippen LogP contribution < -0.4 is 10.1 Å². The van der Waals surface area contributed by atoms with Crippen molar-refractivity contribution in [2.45, 2.75) is 6.61 Å². The van der Waals surface area contributed by atoms with Gasteiger partial charge in [0.05, 0.1) is 0 Å². The molecule has 0 heterocycles. The summed E-state index contributed by atoms with van der Waals surface area (Å²) in [6, 6.07) is 15.3. The Labute approximate surface area is 112 Å². The van der Waals surface area contributed by atoms with Gasteiger partial charge in [0, 0.05) is 5.69 Å². The molecule has 3 nitrogen and oxygen atoms in total. The third-order valence-electron chi connectivity index (χ3n) is 2.70. The second-order valence-electron chi connectivity index (χ2n) is 4.02. The first-order valence-electron chi connectivity index (χ1n) is 5.96. The van der Waals surface area contributed by atoms with Crippen LogP contribution in [0.15, 0.2) is 55.1 Å². The molecule has 0 bridgehead atoms. The van der Waals surface area contributed by atoms with Gasteiger partial charge in [-0.15, -0.1) is 0 Å². The van der Waals surface area contributed by atoms with E-state index in [1.54, 1.807) is 12.1 Å². The lowest BCUT2D eigenvalue weighted by atomic mass is 10.1. The van der Waals surface area contributed by atoms with Gasteiger partial charge in [-0.25, -0.2) is 0 Å². The van der Waals surface area contributed by atoms with E-state index < -0.39 is 0 Å². The minimum Gasteiger partial charge on any atom is -0.489 e. The number of benzene rings is 2. The molecular weight excluding hydrogens is 238 g/mol. The minimum atomic E-state index is 0.512. The van der Waals surface area contributed by atoms with Gasteiger partial charge in [-0.05, 0) is 35.4 Å². The third kappa shape index (κ3) is 3.71. The van der Waals surface area contributed by atoms with Crippen molar-refractivity contribution in [2.75, 3.05) is 5.32 Å². The fraction of sp³-hybridized carbons (Fsp3) is 0.0625.